The van der Waals surface area contributed by atoms with Gasteiger partial charge in [-0.15, -0.1) is 11.3 Å². The van der Waals surface area contributed by atoms with Gasteiger partial charge in [0.2, 0.25) is 0 Å². The third-order valence-corrected chi connectivity index (χ3v) is 5.20. The molecule has 0 spiro atoms. The van der Waals surface area contributed by atoms with E-state index < -0.39 is 0 Å². The van der Waals surface area contributed by atoms with E-state index in [1.165, 1.54) is 5.56 Å². The Labute approximate surface area is 144 Å². The van der Waals surface area contributed by atoms with Gasteiger partial charge in [-0.3, -0.25) is 0 Å². The van der Waals surface area contributed by atoms with Crippen molar-refractivity contribution in [2.24, 2.45) is 0 Å². The van der Waals surface area contributed by atoms with Crippen LogP contribution in [0.5, 0.6) is 0 Å². The van der Waals surface area contributed by atoms with E-state index in [1.807, 2.05) is 12.1 Å². The lowest BCUT2D eigenvalue weighted by Gasteiger charge is -2.11. The zero-order chi connectivity index (χ0) is 15.0. The first-order chi connectivity index (χ1) is 10.1. The molecule has 6 heteroatoms. The molecular weight excluding hydrogens is 414 g/mol. The number of hydrogen-bond donors (Lipinski definition) is 1. The molecule has 3 aromatic rings. The molecule has 0 saturated heterocycles. The van der Waals surface area contributed by atoms with E-state index in [1.54, 1.807) is 11.3 Å². The summed E-state index contributed by atoms with van der Waals surface area (Å²) in [6, 6.07) is 6.15. The quantitative estimate of drug-likeness (QED) is 0.590. The Hall–Kier alpha value is -0.980. The summed E-state index contributed by atoms with van der Waals surface area (Å²) in [5.74, 6) is 1.64. The van der Waals surface area contributed by atoms with Gasteiger partial charge in [0.1, 0.15) is 5.82 Å². The molecule has 0 aliphatic rings. The number of anilines is 1. The molecule has 2 heterocycles. The molecule has 0 atom stereocenters. The highest BCUT2D eigenvalue weighted by Gasteiger charge is 2.14. The van der Waals surface area contributed by atoms with E-state index in [0.29, 0.717) is 0 Å². The van der Waals surface area contributed by atoms with Crippen molar-refractivity contribution in [2.45, 2.75) is 13.8 Å². The van der Waals surface area contributed by atoms with Gasteiger partial charge in [0, 0.05) is 20.9 Å². The monoisotopic (exact) mass is 425 g/mol. The van der Waals surface area contributed by atoms with Crippen LogP contribution >= 0.6 is 43.2 Å². The van der Waals surface area contributed by atoms with Gasteiger partial charge < -0.3 is 5.32 Å². The first-order valence-corrected chi connectivity index (χ1v) is 9.02. The van der Waals surface area contributed by atoms with Crippen LogP contribution in [0.2, 0.25) is 0 Å². The molecule has 1 N–H and O–H groups in total. The molecule has 0 fully saturated rings. The molecule has 21 heavy (non-hydrogen) atoms. The van der Waals surface area contributed by atoms with Crippen LogP contribution < -0.4 is 5.32 Å². The predicted octanol–water partition coefficient (Wildman–Crippen LogP) is 5.62. The number of nitrogens with zero attached hydrogens (tertiary/aromatic N) is 2. The standard InChI is InChI=1S/C15H13Br2N3S/c1-3-18-14-10-6-9(16)7-11(17)12(10)19-15(20-14)13-8(2)4-5-21-13/h4-7H,3H2,1-2H3,(H,18,19,20). The molecule has 0 aliphatic carbocycles. The minimum atomic E-state index is 0.772. The van der Waals surface area contributed by atoms with Crippen molar-refractivity contribution in [2.75, 3.05) is 11.9 Å². The molecule has 0 saturated carbocycles. The zero-order valence-corrected chi connectivity index (χ0v) is 15.6. The maximum absolute atomic E-state index is 4.75. The van der Waals surface area contributed by atoms with Gasteiger partial charge in [0.05, 0.1) is 10.4 Å². The van der Waals surface area contributed by atoms with Crippen molar-refractivity contribution in [1.82, 2.24) is 9.97 Å². The second-order valence-electron chi connectivity index (χ2n) is 4.64. The Morgan fingerprint density at radius 3 is 2.71 bits per heavy atom. The van der Waals surface area contributed by atoms with Gasteiger partial charge in [-0.2, -0.15) is 0 Å². The Balaban J connectivity index is 2.32. The largest absolute Gasteiger partial charge is 0.370 e. The molecule has 0 bridgehead atoms. The minimum absolute atomic E-state index is 0.772. The number of thiophene rings is 1. The van der Waals surface area contributed by atoms with Gasteiger partial charge in [-0.05, 0) is 58.9 Å². The summed E-state index contributed by atoms with van der Waals surface area (Å²) in [6.45, 7) is 4.97. The Kier molecular flexibility index (Phi) is 4.28. The lowest BCUT2D eigenvalue weighted by Crippen LogP contribution is -2.03. The fraction of sp³-hybridized carbons (Fsp3) is 0.200. The van der Waals surface area contributed by atoms with E-state index >= 15 is 0 Å². The Morgan fingerprint density at radius 2 is 2.05 bits per heavy atom. The van der Waals surface area contributed by atoms with Crippen molar-refractivity contribution in [1.29, 1.82) is 0 Å². The van der Waals surface area contributed by atoms with Crippen LogP contribution in [0.4, 0.5) is 5.82 Å². The summed E-state index contributed by atoms with van der Waals surface area (Å²) in [6.07, 6.45) is 0. The molecule has 3 nitrogen and oxygen atoms in total. The van der Waals surface area contributed by atoms with Crippen LogP contribution in [0, 0.1) is 6.92 Å². The molecule has 108 valence electrons. The number of hydrogen-bond acceptors (Lipinski definition) is 4. The second-order valence-corrected chi connectivity index (χ2v) is 7.33. The van der Waals surface area contributed by atoms with Gasteiger partial charge in [-0.1, -0.05) is 15.9 Å². The van der Waals surface area contributed by atoms with E-state index in [2.05, 4.69) is 62.5 Å². The third kappa shape index (κ3) is 2.84. The van der Waals surface area contributed by atoms with Crippen molar-refractivity contribution in [3.63, 3.8) is 0 Å². The SMILES string of the molecule is CCNc1nc(-c2sccc2C)nc2c(Br)cc(Br)cc12. The molecule has 0 amide bonds. The van der Waals surface area contributed by atoms with Crippen LogP contribution in [0.25, 0.3) is 21.6 Å². The minimum Gasteiger partial charge on any atom is -0.370 e. The fourth-order valence-electron chi connectivity index (χ4n) is 2.16. The van der Waals surface area contributed by atoms with E-state index in [0.717, 1.165) is 42.9 Å². The summed E-state index contributed by atoms with van der Waals surface area (Å²) in [4.78, 5) is 10.6. The lowest BCUT2D eigenvalue weighted by molar-refractivity contribution is 1.14. The van der Waals surface area contributed by atoms with Crippen LogP contribution in [0.1, 0.15) is 12.5 Å². The van der Waals surface area contributed by atoms with E-state index in [4.69, 9.17) is 9.97 Å². The number of benzene rings is 1. The topological polar surface area (TPSA) is 37.8 Å². The van der Waals surface area contributed by atoms with Gasteiger partial charge in [-0.25, -0.2) is 9.97 Å². The molecule has 3 rings (SSSR count). The van der Waals surface area contributed by atoms with E-state index in [-0.39, 0.29) is 0 Å². The Bertz CT molecular complexity index is 814. The third-order valence-electron chi connectivity index (χ3n) is 3.13. The maximum atomic E-state index is 4.75. The molecular formula is C15H13Br2N3S. The fourth-order valence-corrected chi connectivity index (χ4v) is 4.34. The van der Waals surface area contributed by atoms with Gasteiger partial charge in [0.25, 0.3) is 0 Å². The number of halogens is 2. The summed E-state index contributed by atoms with van der Waals surface area (Å²) in [7, 11) is 0. The number of rotatable bonds is 3. The van der Waals surface area contributed by atoms with Crippen molar-refractivity contribution < 1.29 is 0 Å². The average molecular weight is 427 g/mol. The van der Waals surface area contributed by atoms with Gasteiger partial charge in [0.15, 0.2) is 5.82 Å². The maximum Gasteiger partial charge on any atom is 0.172 e. The summed E-state index contributed by atoms with van der Waals surface area (Å²) in [5, 5.41) is 6.42. The number of aromatic nitrogens is 2. The average Bonchev–Trinajstić information content (AvgIpc) is 2.86. The van der Waals surface area contributed by atoms with Gasteiger partial charge >= 0.3 is 0 Å². The second kappa shape index (κ2) is 6.02. The van der Waals surface area contributed by atoms with Crippen LogP contribution in [0.15, 0.2) is 32.5 Å². The smallest absolute Gasteiger partial charge is 0.172 e. The zero-order valence-electron chi connectivity index (χ0n) is 11.6. The number of nitrogens with one attached hydrogen (secondary N) is 1. The highest BCUT2D eigenvalue weighted by Crippen LogP contribution is 2.34. The summed E-state index contributed by atoms with van der Waals surface area (Å²) >= 11 is 8.80. The molecule has 0 unspecified atom stereocenters. The normalized spacial score (nSPS) is 11.0. The first-order valence-electron chi connectivity index (χ1n) is 6.55. The summed E-state index contributed by atoms with van der Waals surface area (Å²) < 4.78 is 1.97. The van der Waals surface area contributed by atoms with Crippen LogP contribution in [-0.2, 0) is 0 Å². The predicted molar refractivity (Wildman–Crippen MR) is 97.2 cm³/mol. The lowest BCUT2D eigenvalue weighted by atomic mass is 10.2. The number of fused-ring (bicyclic) bond motifs is 1. The molecule has 2 aromatic heterocycles. The Morgan fingerprint density at radius 1 is 1.24 bits per heavy atom. The molecule has 0 radical (unpaired) electrons. The highest BCUT2D eigenvalue weighted by atomic mass is 79.9. The summed E-state index contributed by atoms with van der Waals surface area (Å²) in [5.41, 5.74) is 2.13. The van der Waals surface area contributed by atoms with Crippen molar-refractivity contribution in [3.8, 4) is 10.7 Å². The van der Waals surface area contributed by atoms with Crippen molar-refractivity contribution in [3.05, 3.63) is 38.1 Å². The molecule has 1 aromatic carbocycles. The molecule has 0 aliphatic heterocycles. The highest BCUT2D eigenvalue weighted by molar-refractivity contribution is 9.11. The first kappa shape index (κ1) is 14.9. The number of aryl methyl sites for hydroxylation is 1. The van der Waals surface area contributed by atoms with Crippen LogP contribution in [0.3, 0.4) is 0 Å². The van der Waals surface area contributed by atoms with Crippen LogP contribution in [-0.4, -0.2) is 16.5 Å². The van der Waals surface area contributed by atoms with Crippen molar-refractivity contribution >= 4 is 59.9 Å². The van der Waals surface area contributed by atoms with E-state index in [9.17, 15) is 0 Å².